The fourth-order valence-corrected chi connectivity index (χ4v) is 3.80. The summed E-state index contributed by atoms with van der Waals surface area (Å²) in [7, 11) is 1.95. The Bertz CT molecular complexity index is 1110. The van der Waals surface area contributed by atoms with E-state index in [1.165, 1.54) is 12.1 Å². The van der Waals surface area contributed by atoms with E-state index < -0.39 is 0 Å². The van der Waals surface area contributed by atoms with Crippen molar-refractivity contribution in [2.75, 3.05) is 18.1 Å². The van der Waals surface area contributed by atoms with Crippen LogP contribution in [-0.2, 0) is 11.8 Å². The number of fused-ring (bicyclic) bond motifs is 2. The smallest absolute Gasteiger partial charge is 0.228 e. The number of carbonyl (C=O) groups is 1. The minimum Gasteiger partial charge on any atom is -0.493 e. The van der Waals surface area contributed by atoms with Gasteiger partial charge in [0.2, 0.25) is 5.91 Å². The molecule has 1 unspecified atom stereocenters. The normalized spacial score (nSPS) is 18.6. The van der Waals surface area contributed by atoms with Gasteiger partial charge in [0, 0.05) is 49.8 Å². The van der Waals surface area contributed by atoms with Crippen molar-refractivity contribution in [1.82, 2.24) is 9.55 Å². The van der Waals surface area contributed by atoms with E-state index in [2.05, 4.69) is 4.98 Å². The number of aryl methyl sites for hydroxylation is 2. The van der Waals surface area contributed by atoms with Crippen LogP contribution in [0.2, 0.25) is 0 Å². The fraction of sp³-hybridized carbons (Fsp3) is 0.333. The molecule has 0 aliphatic carbocycles. The van der Waals surface area contributed by atoms with Crippen molar-refractivity contribution in [2.24, 2.45) is 7.05 Å². The average molecular weight is 381 g/mol. The first-order valence-corrected chi connectivity index (χ1v) is 9.37. The molecule has 1 atom stereocenters. The first-order valence-electron chi connectivity index (χ1n) is 9.37. The van der Waals surface area contributed by atoms with Crippen molar-refractivity contribution < 1.29 is 18.7 Å². The number of amides is 1. The Morgan fingerprint density at radius 2 is 2.14 bits per heavy atom. The second kappa shape index (κ2) is 6.22. The molecule has 3 aromatic rings. The summed E-state index contributed by atoms with van der Waals surface area (Å²) in [5.74, 6) is 1.77. The number of benzene rings is 2. The molecule has 144 valence electrons. The van der Waals surface area contributed by atoms with Crippen LogP contribution in [-0.4, -0.2) is 28.6 Å². The molecule has 1 fully saturated rings. The summed E-state index contributed by atoms with van der Waals surface area (Å²) in [6.07, 6.45) is 0.952. The lowest BCUT2D eigenvalue weighted by atomic mass is 10.0. The van der Waals surface area contributed by atoms with Crippen LogP contribution >= 0.6 is 0 Å². The zero-order valence-electron chi connectivity index (χ0n) is 15.7. The third-order valence-corrected chi connectivity index (χ3v) is 5.55. The summed E-state index contributed by atoms with van der Waals surface area (Å²) in [6, 6.07) is 8.37. The molecule has 6 nitrogen and oxygen atoms in total. The minimum atomic E-state index is -0.333. The maximum atomic E-state index is 13.6. The van der Waals surface area contributed by atoms with Gasteiger partial charge < -0.3 is 18.9 Å². The number of nitrogens with zero attached hydrogens (tertiary/aromatic N) is 3. The average Bonchev–Trinajstić information content (AvgIpc) is 2.95. The monoisotopic (exact) mass is 381 g/mol. The van der Waals surface area contributed by atoms with Gasteiger partial charge in [-0.2, -0.15) is 0 Å². The lowest BCUT2D eigenvalue weighted by Crippen LogP contribution is -2.43. The molecule has 1 saturated heterocycles. The third kappa shape index (κ3) is 2.61. The van der Waals surface area contributed by atoms with Gasteiger partial charge in [-0.15, -0.1) is 0 Å². The number of hydrogen-bond acceptors (Lipinski definition) is 4. The second-order valence-corrected chi connectivity index (χ2v) is 7.25. The molecule has 3 heterocycles. The van der Waals surface area contributed by atoms with Gasteiger partial charge in [-0.1, -0.05) is 0 Å². The molecule has 0 saturated carbocycles. The van der Waals surface area contributed by atoms with Gasteiger partial charge in [0.15, 0.2) is 0 Å². The van der Waals surface area contributed by atoms with Crippen LogP contribution in [0.15, 0.2) is 30.3 Å². The maximum Gasteiger partial charge on any atom is 0.228 e. The highest BCUT2D eigenvalue weighted by atomic mass is 19.1. The molecule has 1 aromatic heterocycles. The molecule has 2 aliphatic heterocycles. The summed E-state index contributed by atoms with van der Waals surface area (Å²) in [6.45, 7) is 3.10. The number of hydrogen-bond donors (Lipinski definition) is 0. The summed E-state index contributed by atoms with van der Waals surface area (Å²) < 4.78 is 27.5. The van der Waals surface area contributed by atoms with E-state index >= 15 is 0 Å². The molecule has 0 bridgehead atoms. The van der Waals surface area contributed by atoms with E-state index in [0.717, 1.165) is 28.1 Å². The topological polar surface area (TPSA) is 56.6 Å². The SMILES string of the molecule is Cc1nc2c(OC3CCOc4cc(F)ccc43)cc(N3CCC3=O)cc2n1C. The van der Waals surface area contributed by atoms with Crippen molar-refractivity contribution in [3.8, 4) is 11.5 Å². The van der Waals surface area contributed by atoms with Crippen molar-refractivity contribution >= 4 is 22.6 Å². The molecular weight excluding hydrogens is 361 g/mol. The molecule has 2 aromatic carbocycles. The van der Waals surface area contributed by atoms with Crippen LogP contribution in [0.5, 0.6) is 11.5 Å². The molecule has 0 radical (unpaired) electrons. The predicted octanol–water partition coefficient (Wildman–Crippen LogP) is 3.66. The highest BCUT2D eigenvalue weighted by Crippen LogP contribution is 2.40. The number of anilines is 1. The largest absolute Gasteiger partial charge is 0.493 e. The van der Waals surface area contributed by atoms with E-state index in [0.29, 0.717) is 37.5 Å². The Labute approximate surface area is 161 Å². The van der Waals surface area contributed by atoms with Crippen LogP contribution in [0.4, 0.5) is 10.1 Å². The number of halogens is 1. The van der Waals surface area contributed by atoms with Gasteiger partial charge in [-0.25, -0.2) is 9.37 Å². The van der Waals surface area contributed by atoms with Crippen LogP contribution in [0.1, 0.15) is 30.3 Å². The van der Waals surface area contributed by atoms with Crippen LogP contribution in [0.3, 0.4) is 0 Å². The quantitative estimate of drug-likeness (QED) is 0.650. The van der Waals surface area contributed by atoms with E-state index in [-0.39, 0.29) is 17.8 Å². The number of aromatic nitrogens is 2. The summed E-state index contributed by atoms with van der Waals surface area (Å²) in [5.41, 5.74) is 3.30. The molecule has 1 amide bonds. The molecular formula is C21H20FN3O3. The zero-order valence-corrected chi connectivity index (χ0v) is 15.7. The Hall–Kier alpha value is -3.09. The molecule has 0 spiro atoms. The molecule has 0 N–H and O–H groups in total. The summed E-state index contributed by atoms with van der Waals surface area (Å²) in [4.78, 5) is 18.4. The third-order valence-electron chi connectivity index (χ3n) is 5.55. The highest BCUT2D eigenvalue weighted by Gasteiger charge is 2.29. The molecule has 2 aliphatic rings. The van der Waals surface area contributed by atoms with Gasteiger partial charge in [-0.3, -0.25) is 4.79 Å². The standard InChI is InChI=1S/C21H20FN3O3/c1-12-23-21-16(24(12)2)10-14(25-7-5-20(25)26)11-19(21)28-17-6-8-27-18-9-13(22)3-4-15(17)18/h3-4,9-11,17H,5-8H2,1-2H3. The van der Waals surface area contributed by atoms with Gasteiger partial charge in [0.1, 0.15) is 34.8 Å². The van der Waals surface area contributed by atoms with Gasteiger partial charge in [-0.05, 0) is 25.1 Å². The van der Waals surface area contributed by atoms with Gasteiger partial charge >= 0.3 is 0 Å². The van der Waals surface area contributed by atoms with Crippen molar-refractivity contribution in [2.45, 2.75) is 25.9 Å². The Balaban J connectivity index is 1.59. The number of imidazole rings is 1. The summed E-state index contributed by atoms with van der Waals surface area (Å²) >= 11 is 0. The number of β-lactam (4-membered cyclic amide) rings is 1. The first-order chi connectivity index (χ1) is 13.5. The number of ether oxygens (including phenoxy) is 2. The van der Waals surface area contributed by atoms with E-state index in [9.17, 15) is 9.18 Å². The van der Waals surface area contributed by atoms with E-state index in [4.69, 9.17) is 9.47 Å². The number of rotatable bonds is 3. The lowest BCUT2D eigenvalue weighted by Gasteiger charge is -2.31. The van der Waals surface area contributed by atoms with E-state index in [1.54, 1.807) is 11.0 Å². The Morgan fingerprint density at radius 1 is 1.29 bits per heavy atom. The lowest BCUT2D eigenvalue weighted by molar-refractivity contribution is -0.122. The maximum absolute atomic E-state index is 13.6. The minimum absolute atomic E-state index is 0.107. The van der Waals surface area contributed by atoms with Crippen molar-refractivity contribution in [3.05, 3.63) is 47.5 Å². The first kappa shape index (κ1) is 17.0. The molecule has 5 rings (SSSR count). The zero-order chi connectivity index (χ0) is 19.4. The van der Waals surface area contributed by atoms with Crippen molar-refractivity contribution in [1.29, 1.82) is 0 Å². The van der Waals surface area contributed by atoms with Gasteiger partial charge in [0.05, 0.1) is 12.1 Å². The molecule has 7 heteroatoms. The van der Waals surface area contributed by atoms with Crippen LogP contribution in [0.25, 0.3) is 11.0 Å². The highest BCUT2D eigenvalue weighted by molar-refractivity contribution is 6.01. The Kier molecular flexibility index (Phi) is 3.79. The van der Waals surface area contributed by atoms with Crippen LogP contribution < -0.4 is 14.4 Å². The predicted molar refractivity (Wildman–Crippen MR) is 102 cm³/mol. The summed E-state index contributed by atoms with van der Waals surface area (Å²) in [5, 5.41) is 0. The molecule has 28 heavy (non-hydrogen) atoms. The van der Waals surface area contributed by atoms with Gasteiger partial charge in [0.25, 0.3) is 0 Å². The van der Waals surface area contributed by atoms with Crippen LogP contribution in [0, 0.1) is 12.7 Å². The number of carbonyl (C=O) groups excluding carboxylic acids is 1. The van der Waals surface area contributed by atoms with E-state index in [1.807, 2.05) is 30.7 Å². The fourth-order valence-electron chi connectivity index (χ4n) is 3.80. The Morgan fingerprint density at radius 3 is 2.89 bits per heavy atom. The second-order valence-electron chi connectivity index (χ2n) is 7.25. The van der Waals surface area contributed by atoms with Crippen molar-refractivity contribution in [3.63, 3.8) is 0 Å².